The molecule has 0 fully saturated rings. The molecule has 4 heterocycles. The Hall–Kier alpha value is -2.66. The van der Waals surface area contributed by atoms with Crippen LogP contribution in [0.25, 0.3) is 0 Å². The fourth-order valence-corrected chi connectivity index (χ4v) is 7.15. The van der Waals surface area contributed by atoms with Crippen LogP contribution in [0.5, 0.6) is 0 Å². The Morgan fingerprint density at radius 3 is 1.06 bits per heavy atom. The minimum absolute atomic E-state index is 0.0138. The van der Waals surface area contributed by atoms with Gasteiger partial charge in [-0.15, -0.1) is 0 Å². The summed E-state index contributed by atoms with van der Waals surface area (Å²) in [6.07, 6.45) is 28.8. The number of ether oxygens (including phenoxy) is 2. The largest absolute Gasteiger partial charge is 0.462 e. The standard InChI is InChI=1S/C39H68N8O4/c1-4-6-24-36(40-41-36)26-16-10-8-12-18-28-38(44-45-38)30-20-14-22-34(48)50-32-33(3)51-35(49)23-15-21-31-39(46-47-39)29-19-13-9-11-17-27-37(42-43-37)25-7-5-2/h33H,4-32H2,1-3H3. The smallest absolute Gasteiger partial charge is 0.306 e. The van der Waals surface area contributed by atoms with Gasteiger partial charge in [-0.25, -0.2) is 0 Å². The molecule has 1 atom stereocenters. The molecule has 4 aliphatic rings. The molecule has 0 aromatic carbocycles. The Balaban J connectivity index is 0.896. The average molecular weight is 713 g/mol. The molecule has 0 spiro atoms. The fourth-order valence-electron chi connectivity index (χ4n) is 7.15. The molecule has 0 aromatic rings. The highest BCUT2D eigenvalue weighted by molar-refractivity contribution is 5.70. The van der Waals surface area contributed by atoms with E-state index in [1.54, 1.807) is 6.92 Å². The fraction of sp³-hybridized carbons (Fsp3) is 0.949. The van der Waals surface area contributed by atoms with E-state index in [-0.39, 0.29) is 41.2 Å². The molecule has 0 aromatic heterocycles. The van der Waals surface area contributed by atoms with Crippen LogP contribution < -0.4 is 0 Å². The molecule has 0 N–H and O–H groups in total. The van der Waals surface area contributed by atoms with Gasteiger partial charge in [0.05, 0.1) is 0 Å². The summed E-state index contributed by atoms with van der Waals surface area (Å²) in [5, 5.41) is 34.6. The minimum Gasteiger partial charge on any atom is -0.462 e. The van der Waals surface area contributed by atoms with Gasteiger partial charge < -0.3 is 9.47 Å². The van der Waals surface area contributed by atoms with Crippen LogP contribution in [0, 0.1) is 0 Å². The lowest BCUT2D eigenvalue weighted by Crippen LogP contribution is -2.22. The maximum absolute atomic E-state index is 12.3. The molecule has 0 amide bonds. The SMILES string of the molecule is CCCCC1(CCCCCCCC2(CCCCC(=O)OCC(C)OC(=O)CCCCC3(CCCCCCCC4(CCCC)N=N4)N=N3)N=N2)N=N1. The van der Waals surface area contributed by atoms with E-state index in [1.807, 2.05) is 0 Å². The third-order valence-corrected chi connectivity index (χ3v) is 10.9. The van der Waals surface area contributed by atoms with Crippen molar-refractivity contribution < 1.29 is 19.1 Å². The highest BCUT2D eigenvalue weighted by atomic mass is 16.6. The first-order valence-corrected chi connectivity index (χ1v) is 20.9. The zero-order valence-electron chi connectivity index (χ0n) is 32.3. The molecule has 51 heavy (non-hydrogen) atoms. The van der Waals surface area contributed by atoms with E-state index in [0.717, 1.165) is 89.9 Å². The van der Waals surface area contributed by atoms with Gasteiger partial charge in [-0.1, -0.05) is 65.2 Å². The monoisotopic (exact) mass is 713 g/mol. The van der Waals surface area contributed by atoms with Crippen LogP contribution in [0.4, 0.5) is 0 Å². The normalized spacial score (nSPS) is 19.2. The number of esters is 2. The Morgan fingerprint density at radius 1 is 0.431 bits per heavy atom. The first kappa shape index (κ1) is 41.1. The molecule has 4 rings (SSSR count). The average Bonchev–Trinajstić information content (AvgIpc) is 3.93. The summed E-state index contributed by atoms with van der Waals surface area (Å²) in [4.78, 5) is 24.6. The first-order valence-electron chi connectivity index (χ1n) is 20.9. The lowest BCUT2D eigenvalue weighted by Gasteiger charge is -2.14. The number of hydrogen-bond donors (Lipinski definition) is 0. The maximum Gasteiger partial charge on any atom is 0.306 e. The topological polar surface area (TPSA) is 151 Å². The van der Waals surface area contributed by atoms with E-state index in [4.69, 9.17) is 9.47 Å². The van der Waals surface area contributed by atoms with Gasteiger partial charge in [-0.05, 0) is 122 Å². The van der Waals surface area contributed by atoms with Crippen molar-refractivity contribution in [2.24, 2.45) is 40.9 Å². The third-order valence-electron chi connectivity index (χ3n) is 10.9. The maximum atomic E-state index is 12.3. The van der Waals surface area contributed by atoms with E-state index >= 15 is 0 Å². The van der Waals surface area contributed by atoms with E-state index in [2.05, 4.69) is 54.8 Å². The lowest BCUT2D eigenvalue weighted by molar-refractivity contribution is -0.158. The summed E-state index contributed by atoms with van der Waals surface area (Å²) in [5.74, 6) is -0.494. The first-order chi connectivity index (χ1) is 24.8. The zero-order chi connectivity index (χ0) is 36.3. The van der Waals surface area contributed by atoms with Crippen molar-refractivity contribution in [2.45, 2.75) is 229 Å². The second kappa shape index (κ2) is 21.1. The van der Waals surface area contributed by atoms with Crippen molar-refractivity contribution in [2.75, 3.05) is 6.61 Å². The highest BCUT2D eigenvalue weighted by Gasteiger charge is 2.40. The second-order valence-corrected chi connectivity index (χ2v) is 15.9. The van der Waals surface area contributed by atoms with Gasteiger partial charge in [0.2, 0.25) is 0 Å². The van der Waals surface area contributed by atoms with Gasteiger partial charge in [0.15, 0.2) is 22.7 Å². The van der Waals surface area contributed by atoms with Crippen molar-refractivity contribution in [3.05, 3.63) is 0 Å². The van der Waals surface area contributed by atoms with E-state index in [9.17, 15) is 9.59 Å². The number of unbranched alkanes of at least 4 members (excludes halogenated alkanes) is 12. The van der Waals surface area contributed by atoms with Gasteiger partial charge in [-0.3, -0.25) is 9.59 Å². The minimum atomic E-state index is -0.454. The van der Waals surface area contributed by atoms with Crippen molar-refractivity contribution in [3.63, 3.8) is 0 Å². The molecule has 4 aliphatic heterocycles. The molecule has 12 nitrogen and oxygen atoms in total. The third kappa shape index (κ3) is 16.7. The van der Waals surface area contributed by atoms with Crippen LogP contribution >= 0.6 is 0 Å². The molecule has 1 unspecified atom stereocenters. The predicted octanol–water partition coefficient (Wildman–Crippen LogP) is 12.1. The van der Waals surface area contributed by atoms with Crippen molar-refractivity contribution in [1.82, 2.24) is 0 Å². The molecule has 0 bridgehead atoms. The summed E-state index contributed by atoms with van der Waals surface area (Å²) in [7, 11) is 0. The van der Waals surface area contributed by atoms with E-state index in [1.165, 1.54) is 77.0 Å². The van der Waals surface area contributed by atoms with Gasteiger partial charge >= 0.3 is 11.9 Å². The molecular weight excluding hydrogens is 644 g/mol. The van der Waals surface area contributed by atoms with Crippen LogP contribution in [0.15, 0.2) is 40.9 Å². The summed E-state index contributed by atoms with van der Waals surface area (Å²) in [6, 6.07) is 0. The van der Waals surface area contributed by atoms with Crippen LogP contribution in [-0.2, 0) is 19.1 Å². The predicted molar refractivity (Wildman–Crippen MR) is 197 cm³/mol. The van der Waals surface area contributed by atoms with Crippen molar-refractivity contribution >= 4 is 11.9 Å². The second-order valence-electron chi connectivity index (χ2n) is 15.9. The van der Waals surface area contributed by atoms with E-state index in [0.29, 0.717) is 12.8 Å². The molecular formula is C39H68N8O4. The number of hydrogen-bond acceptors (Lipinski definition) is 12. The molecule has 0 saturated heterocycles. The van der Waals surface area contributed by atoms with Crippen LogP contribution in [-0.4, -0.2) is 47.3 Å². The summed E-state index contributed by atoms with van der Waals surface area (Å²) < 4.78 is 10.9. The van der Waals surface area contributed by atoms with E-state index < -0.39 is 6.10 Å². The van der Waals surface area contributed by atoms with Crippen LogP contribution in [0.1, 0.15) is 201 Å². The Bertz CT molecular complexity index is 1160. The Labute approximate surface area is 307 Å². The number of carbonyl (C=O) groups excluding carboxylic acids is 2. The summed E-state index contributed by atoms with van der Waals surface area (Å²) in [5.41, 5.74) is -0.432. The van der Waals surface area contributed by atoms with Crippen molar-refractivity contribution in [1.29, 1.82) is 0 Å². The molecule has 0 radical (unpaired) electrons. The number of nitrogens with zero attached hydrogens (tertiary/aromatic N) is 8. The van der Waals surface area contributed by atoms with Gasteiger partial charge in [0.1, 0.15) is 12.7 Å². The van der Waals surface area contributed by atoms with Gasteiger partial charge in [0, 0.05) is 12.8 Å². The lowest BCUT2D eigenvalue weighted by atomic mass is 9.96. The number of carbonyl (C=O) groups is 2. The Morgan fingerprint density at radius 2 is 0.725 bits per heavy atom. The summed E-state index contributed by atoms with van der Waals surface area (Å²) in [6.45, 7) is 6.30. The Kier molecular flexibility index (Phi) is 17.0. The molecule has 288 valence electrons. The van der Waals surface area contributed by atoms with Crippen molar-refractivity contribution in [3.8, 4) is 0 Å². The summed E-state index contributed by atoms with van der Waals surface area (Å²) >= 11 is 0. The zero-order valence-corrected chi connectivity index (χ0v) is 32.3. The number of rotatable bonds is 35. The van der Waals surface area contributed by atoms with Crippen LogP contribution in [0.2, 0.25) is 0 Å². The van der Waals surface area contributed by atoms with Gasteiger partial charge in [0.25, 0.3) is 0 Å². The van der Waals surface area contributed by atoms with Gasteiger partial charge in [-0.2, -0.15) is 40.9 Å². The molecule has 0 saturated carbocycles. The quantitative estimate of drug-likeness (QED) is 0.0474. The molecule has 12 heteroatoms. The van der Waals surface area contributed by atoms with Crippen LogP contribution in [0.3, 0.4) is 0 Å². The molecule has 0 aliphatic carbocycles. The highest BCUT2D eigenvalue weighted by Crippen LogP contribution is 2.42.